The van der Waals surface area contributed by atoms with Crippen LogP contribution < -0.4 is 0 Å². The van der Waals surface area contributed by atoms with E-state index in [4.69, 9.17) is 0 Å². The Morgan fingerprint density at radius 3 is 1.31 bits per heavy atom. The molecule has 1 heteroatoms. The van der Waals surface area contributed by atoms with Gasteiger partial charge in [-0.1, -0.05) is 34.6 Å². The molecule has 0 aliphatic carbocycles. The van der Waals surface area contributed by atoms with E-state index in [1.54, 1.807) is 0 Å². The molecule has 0 radical (unpaired) electrons. The first-order valence-electron chi connectivity index (χ1n) is 4.00. The van der Waals surface area contributed by atoms with Crippen molar-refractivity contribution >= 4 is 0 Å². The fourth-order valence-electron chi connectivity index (χ4n) is 1.31. The summed E-state index contributed by atoms with van der Waals surface area (Å²) in [4.78, 5) is 0. The van der Waals surface area contributed by atoms with Crippen LogP contribution in [0.15, 0.2) is 0 Å². The molecular formula is C12H18Y+. The molecule has 0 aromatic heterocycles. The summed E-state index contributed by atoms with van der Waals surface area (Å²) in [5, 5.41) is 0. The zero-order valence-electron chi connectivity index (χ0n) is 9.58. The molecule has 13 heavy (non-hydrogen) atoms. The third-order valence-electron chi connectivity index (χ3n) is 2.62. The smallest absolute Gasteiger partial charge is 0.358 e. The van der Waals surface area contributed by atoms with E-state index in [1.165, 1.54) is 27.8 Å². The first-order valence-corrected chi connectivity index (χ1v) is 4.00. The molecule has 0 heterocycles. The Bertz CT molecular complexity index is 261. The van der Waals surface area contributed by atoms with Gasteiger partial charge in [0.15, 0.2) is 0 Å². The fourth-order valence-corrected chi connectivity index (χ4v) is 1.31. The molecule has 68 valence electrons. The van der Waals surface area contributed by atoms with Crippen LogP contribution in [0.4, 0.5) is 0 Å². The van der Waals surface area contributed by atoms with E-state index in [0.717, 1.165) is 0 Å². The Labute approximate surface area is 108 Å². The van der Waals surface area contributed by atoms with E-state index >= 15 is 0 Å². The van der Waals surface area contributed by atoms with Gasteiger partial charge in [0.25, 0.3) is 0 Å². The molecule has 0 aliphatic rings. The molecule has 0 atom stereocenters. The van der Waals surface area contributed by atoms with Gasteiger partial charge in [-0.3, -0.25) is 0 Å². The summed E-state index contributed by atoms with van der Waals surface area (Å²) in [6.07, 6.45) is 0. The van der Waals surface area contributed by atoms with Crippen LogP contribution in [0.3, 0.4) is 0 Å². The molecule has 0 aliphatic heterocycles. The summed E-state index contributed by atoms with van der Waals surface area (Å²) in [5.41, 5.74) is 6.75. The van der Waals surface area contributed by atoms with E-state index in [9.17, 15) is 0 Å². The average Bonchev–Trinajstić information content (AvgIpc) is 1.97. The zero-order chi connectivity index (χ0) is 8.59. The summed E-state index contributed by atoms with van der Waals surface area (Å²) in [6.45, 7) is 10.7. The number of hydrogen-bond acceptors (Lipinski definition) is 0. The largest absolute Gasteiger partial charge is 3.00 e. The molecule has 1 aromatic rings. The van der Waals surface area contributed by atoms with Gasteiger partial charge in [0.2, 0.25) is 0 Å². The van der Waals surface area contributed by atoms with Crippen LogP contribution >= 0.6 is 0 Å². The van der Waals surface area contributed by atoms with Crippen LogP contribution in [0.5, 0.6) is 0 Å². The number of rotatable bonds is 0. The Hall–Kier alpha value is 0.324. The Morgan fingerprint density at radius 2 is 1.00 bits per heavy atom. The zero-order valence-corrected chi connectivity index (χ0v) is 12.4. The van der Waals surface area contributed by atoms with E-state index in [2.05, 4.69) is 40.7 Å². The minimum absolute atomic E-state index is 0. The van der Waals surface area contributed by atoms with E-state index in [1.807, 2.05) is 0 Å². The summed E-state index contributed by atoms with van der Waals surface area (Å²) in [6, 6.07) is 3.35. The molecule has 0 amide bonds. The number of hydrogen-bond donors (Lipinski definition) is 0. The summed E-state index contributed by atoms with van der Waals surface area (Å²) >= 11 is 0. The Kier molecular flexibility index (Phi) is 7.20. The monoisotopic (exact) mass is 251 g/mol. The van der Waals surface area contributed by atoms with Crippen molar-refractivity contribution in [1.82, 2.24) is 0 Å². The molecular weight excluding hydrogens is 233 g/mol. The maximum atomic E-state index is 3.35. The normalized spacial score (nSPS) is 8.69. The number of benzene rings is 1. The van der Waals surface area contributed by atoms with Gasteiger partial charge in [0.1, 0.15) is 0 Å². The van der Waals surface area contributed by atoms with Crippen molar-refractivity contribution in [3.05, 3.63) is 41.3 Å². The van der Waals surface area contributed by atoms with Gasteiger partial charge in [-0.15, -0.1) is 0 Å². The van der Waals surface area contributed by atoms with Crippen molar-refractivity contribution < 1.29 is 32.7 Å². The standard InChI is InChI=1S/C11H15.CH3.Y/c1-7-6-8(2)10(4)11(5)9(7)3;;/h1-5H3;1H3;/q2*-1;+3. The fraction of sp³-hybridized carbons (Fsp3) is 0.417. The minimum Gasteiger partial charge on any atom is -0.358 e. The SMILES string of the molecule is Cc1[c-]c(C)c(C)c(C)c1C.[CH3-].[Y+3]. The van der Waals surface area contributed by atoms with Gasteiger partial charge < -0.3 is 7.43 Å². The Morgan fingerprint density at radius 1 is 0.692 bits per heavy atom. The van der Waals surface area contributed by atoms with E-state index in [-0.39, 0.29) is 40.1 Å². The third-order valence-corrected chi connectivity index (χ3v) is 2.62. The maximum Gasteiger partial charge on any atom is 3.00 e. The molecule has 0 spiro atoms. The first kappa shape index (κ1) is 15.8. The maximum absolute atomic E-state index is 3.35. The van der Waals surface area contributed by atoms with Crippen molar-refractivity contribution in [1.29, 1.82) is 0 Å². The van der Waals surface area contributed by atoms with E-state index in [0.29, 0.717) is 0 Å². The van der Waals surface area contributed by atoms with Crippen LogP contribution in [-0.4, -0.2) is 0 Å². The molecule has 0 N–H and O–H groups in total. The second-order valence-corrected chi connectivity index (χ2v) is 3.25. The number of aryl methyl sites for hydroxylation is 2. The van der Waals surface area contributed by atoms with Crippen molar-refractivity contribution in [2.24, 2.45) is 0 Å². The summed E-state index contributed by atoms with van der Waals surface area (Å²) in [5.74, 6) is 0. The quantitative estimate of drug-likeness (QED) is 0.619. The molecule has 0 bridgehead atoms. The van der Waals surface area contributed by atoms with Crippen LogP contribution in [0, 0.1) is 48.1 Å². The van der Waals surface area contributed by atoms with Crippen LogP contribution in [0.2, 0.25) is 0 Å². The molecule has 0 saturated heterocycles. The molecule has 0 fully saturated rings. The van der Waals surface area contributed by atoms with Crippen molar-refractivity contribution in [2.75, 3.05) is 0 Å². The first-order chi connectivity index (χ1) is 5.04. The van der Waals surface area contributed by atoms with Gasteiger partial charge in [0.05, 0.1) is 0 Å². The molecule has 0 nitrogen and oxygen atoms in total. The van der Waals surface area contributed by atoms with Crippen LogP contribution in [0.25, 0.3) is 0 Å². The van der Waals surface area contributed by atoms with Crippen molar-refractivity contribution in [3.8, 4) is 0 Å². The van der Waals surface area contributed by atoms with Crippen LogP contribution in [-0.2, 0) is 32.7 Å². The van der Waals surface area contributed by atoms with Crippen molar-refractivity contribution in [3.63, 3.8) is 0 Å². The second kappa shape index (κ2) is 5.93. The third kappa shape index (κ3) is 3.18. The molecule has 0 unspecified atom stereocenters. The van der Waals surface area contributed by atoms with E-state index < -0.39 is 0 Å². The molecule has 1 rings (SSSR count). The van der Waals surface area contributed by atoms with Gasteiger partial charge in [-0.25, -0.2) is 0 Å². The molecule has 1 aromatic carbocycles. The van der Waals surface area contributed by atoms with Crippen molar-refractivity contribution in [2.45, 2.75) is 34.6 Å². The predicted octanol–water partition coefficient (Wildman–Crippen LogP) is 3.48. The van der Waals surface area contributed by atoms with Gasteiger partial charge in [0, 0.05) is 0 Å². The van der Waals surface area contributed by atoms with Gasteiger partial charge >= 0.3 is 32.7 Å². The average molecular weight is 251 g/mol. The second-order valence-electron chi connectivity index (χ2n) is 3.25. The minimum atomic E-state index is 0. The van der Waals surface area contributed by atoms with Crippen LogP contribution in [0.1, 0.15) is 27.8 Å². The Balaban J connectivity index is 0. The topological polar surface area (TPSA) is 0 Å². The van der Waals surface area contributed by atoms with Gasteiger partial charge in [-0.2, -0.15) is 33.9 Å². The van der Waals surface area contributed by atoms with Gasteiger partial charge in [-0.05, 0) is 0 Å². The predicted molar refractivity (Wildman–Crippen MR) is 55.4 cm³/mol. The molecule has 0 saturated carbocycles. The summed E-state index contributed by atoms with van der Waals surface area (Å²) < 4.78 is 0. The summed E-state index contributed by atoms with van der Waals surface area (Å²) in [7, 11) is 0.